The van der Waals surface area contributed by atoms with Crippen LogP contribution >= 0.6 is 15.9 Å². The number of nitrogens with one attached hydrogen (secondary N) is 1. The summed E-state index contributed by atoms with van der Waals surface area (Å²) < 4.78 is 11.5. The lowest BCUT2D eigenvalue weighted by Gasteiger charge is -2.40. The minimum atomic E-state index is -0.0980. The van der Waals surface area contributed by atoms with Crippen molar-refractivity contribution in [1.29, 1.82) is 0 Å². The number of aliphatic hydroxyl groups excluding tert-OH is 1. The topological polar surface area (TPSA) is 50.7 Å². The van der Waals surface area contributed by atoms with E-state index in [9.17, 15) is 5.11 Å². The van der Waals surface area contributed by atoms with Crippen molar-refractivity contribution in [3.63, 3.8) is 0 Å². The molecule has 0 spiro atoms. The van der Waals surface area contributed by atoms with E-state index in [1.165, 1.54) is 0 Å². The molecule has 18 heavy (non-hydrogen) atoms. The van der Waals surface area contributed by atoms with Crippen LogP contribution in [0, 0.1) is 5.41 Å². The highest BCUT2D eigenvalue weighted by Crippen LogP contribution is 2.27. The van der Waals surface area contributed by atoms with E-state index in [0.717, 1.165) is 22.3 Å². The van der Waals surface area contributed by atoms with Crippen molar-refractivity contribution >= 4 is 15.9 Å². The number of methoxy groups -OCH3 is 1. The number of ether oxygens (including phenoxy) is 2. The molecule has 0 saturated carbocycles. The van der Waals surface area contributed by atoms with Crippen molar-refractivity contribution in [3.8, 4) is 5.75 Å². The highest BCUT2D eigenvalue weighted by molar-refractivity contribution is 9.10. The van der Waals surface area contributed by atoms with E-state index in [2.05, 4.69) is 21.2 Å². The Balaban J connectivity index is 1.91. The summed E-state index contributed by atoms with van der Waals surface area (Å²) >= 11 is 3.45. The van der Waals surface area contributed by atoms with Gasteiger partial charge in [0.15, 0.2) is 0 Å². The summed E-state index contributed by atoms with van der Waals surface area (Å²) in [6.45, 7) is 2.89. The third-order valence-electron chi connectivity index (χ3n) is 3.21. The summed E-state index contributed by atoms with van der Waals surface area (Å²) in [5, 5.41) is 12.7. The zero-order valence-electron chi connectivity index (χ0n) is 10.4. The molecule has 1 aromatic rings. The predicted molar refractivity (Wildman–Crippen MR) is 72.7 cm³/mol. The van der Waals surface area contributed by atoms with Crippen molar-refractivity contribution < 1.29 is 14.6 Å². The molecule has 4 nitrogen and oxygen atoms in total. The molecule has 1 aliphatic heterocycles. The number of benzene rings is 1. The van der Waals surface area contributed by atoms with Crippen LogP contribution < -0.4 is 10.1 Å². The van der Waals surface area contributed by atoms with Crippen LogP contribution in [0.1, 0.15) is 5.56 Å². The van der Waals surface area contributed by atoms with Crippen LogP contribution in [0.5, 0.6) is 5.75 Å². The molecule has 0 bridgehead atoms. The lowest BCUT2D eigenvalue weighted by Crippen LogP contribution is -2.52. The highest BCUT2D eigenvalue weighted by atomic mass is 79.9. The second kappa shape index (κ2) is 6.02. The van der Waals surface area contributed by atoms with E-state index in [4.69, 9.17) is 9.47 Å². The van der Waals surface area contributed by atoms with E-state index < -0.39 is 0 Å². The minimum absolute atomic E-state index is 0.0980. The first kappa shape index (κ1) is 13.8. The van der Waals surface area contributed by atoms with Gasteiger partial charge >= 0.3 is 0 Å². The maximum atomic E-state index is 9.33. The molecule has 0 amide bonds. The standard InChI is InChI=1S/C13H18BrNO3/c1-17-12-3-2-11(14)4-10(12)5-15-6-13(7-16)8-18-9-13/h2-4,15-16H,5-9H2,1H3. The van der Waals surface area contributed by atoms with Gasteiger partial charge in [-0.25, -0.2) is 0 Å². The Hall–Kier alpha value is -0.620. The van der Waals surface area contributed by atoms with Crippen LogP contribution in [0.4, 0.5) is 0 Å². The maximum Gasteiger partial charge on any atom is 0.123 e. The number of hydrogen-bond acceptors (Lipinski definition) is 4. The van der Waals surface area contributed by atoms with Gasteiger partial charge in [-0.15, -0.1) is 0 Å². The lowest BCUT2D eigenvalue weighted by molar-refractivity contribution is -0.134. The van der Waals surface area contributed by atoms with Crippen LogP contribution in [0.15, 0.2) is 22.7 Å². The molecule has 1 aromatic carbocycles. The predicted octanol–water partition coefficient (Wildman–Crippen LogP) is 1.56. The van der Waals surface area contributed by atoms with E-state index in [1.54, 1.807) is 7.11 Å². The Bertz CT molecular complexity index is 402. The first-order valence-electron chi connectivity index (χ1n) is 5.91. The molecule has 100 valence electrons. The van der Waals surface area contributed by atoms with Crippen LogP contribution in [-0.4, -0.2) is 38.6 Å². The van der Waals surface area contributed by atoms with Crippen LogP contribution in [0.3, 0.4) is 0 Å². The van der Waals surface area contributed by atoms with Gasteiger partial charge in [0.25, 0.3) is 0 Å². The summed E-state index contributed by atoms with van der Waals surface area (Å²) in [5.41, 5.74) is 0.999. The molecule has 0 aliphatic carbocycles. The molecular weight excluding hydrogens is 298 g/mol. The fourth-order valence-electron chi connectivity index (χ4n) is 1.99. The van der Waals surface area contributed by atoms with Crippen LogP contribution in [0.2, 0.25) is 0 Å². The first-order chi connectivity index (χ1) is 8.69. The summed E-state index contributed by atoms with van der Waals surface area (Å²) in [5.74, 6) is 0.869. The third-order valence-corrected chi connectivity index (χ3v) is 3.70. The fourth-order valence-corrected chi connectivity index (χ4v) is 2.40. The van der Waals surface area contributed by atoms with E-state index >= 15 is 0 Å². The molecule has 1 heterocycles. The monoisotopic (exact) mass is 315 g/mol. The van der Waals surface area contributed by atoms with Crippen molar-refractivity contribution in [3.05, 3.63) is 28.2 Å². The smallest absolute Gasteiger partial charge is 0.123 e. The van der Waals surface area contributed by atoms with E-state index in [-0.39, 0.29) is 12.0 Å². The van der Waals surface area contributed by atoms with Gasteiger partial charge in [-0.3, -0.25) is 0 Å². The van der Waals surface area contributed by atoms with Crippen molar-refractivity contribution in [1.82, 2.24) is 5.32 Å². The molecule has 0 radical (unpaired) electrons. The molecule has 1 fully saturated rings. The molecule has 0 atom stereocenters. The first-order valence-corrected chi connectivity index (χ1v) is 6.70. The molecule has 1 aliphatic rings. The third kappa shape index (κ3) is 3.03. The minimum Gasteiger partial charge on any atom is -0.496 e. The number of hydrogen-bond donors (Lipinski definition) is 2. The SMILES string of the molecule is COc1ccc(Br)cc1CNCC1(CO)COC1. The van der Waals surface area contributed by atoms with Gasteiger partial charge < -0.3 is 19.9 Å². The average Bonchev–Trinajstić information content (AvgIpc) is 2.33. The number of rotatable bonds is 6. The summed E-state index contributed by atoms with van der Waals surface area (Å²) in [6, 6.07) is 5.93. The largest absolute Gasteiger partial charge is 0.496 e. The Labute approximate surface area is 115 Å². The van der Waals surface area contributed by atoms with Gasteiger partial charge in [0, 0.05) is 23.1 Å². The van der Waals surface area contributed by atoms with E-state index in [0.29, 0.717) is 19.8 Å². The van der Waals surface area contributed by atoms with Gasteiger partial charge in [-0.05, 0) is 18.2 Å². The van der Waals surface area contributed by atoms with Crippen LogP contribution in [-0.2, 0) is 11.3 Å². The zero-order valence-corrected chi connectivity index (χ0v) is 12.0. The second-order valence-electron chi connectivity index (χ2n) is 4.71. The Kier molecular flexibility index (Phi) is 4.61. The quantitative estimate of drug-likeness (QED) is 0.836. The van der Waals surface area contributed by atoms with Crippen molar-refractivity contribution in [2.24, 2.45) is 5.41 Å². The Morgan fingerprint density at radius 1 is 1.50 bits per heavy atom. The highest BCUT2D eigenvalue weighted by Gasteiger charge is 2.37. The molecule has 2 rings (SSSR count). The van der Waals surface area contributed by atoms with Crippen LogP contribution in [0.25, 0.3) is 0 Å². The molecule has 0 aromatic heterocycles. The second-order valence-corrected chi connectivity index (χ2v) is 5.63. The van der Waals surface area contributed by atoms with Crippen molar-refractivity contribution in [2.45, 2.75) is 6.54 Å². The molecule has 2 N–H and O–H groups in total. The average molecular weight is 316 g/mol. The summed E-state index contributed by atoms with van der Waals surface area (Å²) in [6.07, 6.45) is 0. The Morgan fingerprint density at radius 3 is 2.83 bits per heavy atom. The van der Waals surface area contributed by atoms with Crippen molar-refractivity contribution in [2.75, 3.05) is 33.5 Å². The molecule has 1 saturated heterocycles. The van der Waals surface area contributed by atoms with Gasteiger partial charge in [-0.2, -0.15) is 0 Å². The van der Waals surface area contributed by atoms with E-state index in [1.807, 2.05) is 18.2 Å². The Morgan fingerprint density at radius 2 is 2.28 bits per heavy atom. The van der Waals surface area contributed by atoms with Gasteiger partial charge in [0.1, 0.15) is 5.75 Å². The summed E-state index contributed by atoms with van der Waals surface area (Å²) in [4.78, 5) is 0. The van der Waals surface area contributed by atoms with Gasteiger partial charge in [0.05, 0.1) is 32.3 Å². The molecule has 5 heteroatoms. The lowest BCUT2D eigenvalue weighted by atomic mass is 9.87. The number of halogens is 1. The van der Waals surface area contributed by atoms with Gasteiger partial charge in [-0.1, -0.05) is 15.9 Å². The zero-order chi connectivity index (χ0) is 13.0. The molecule has 0 unspecified atom stereocenters. The number of aliphatic hydroxyl groups is 1. The fraction of sp³-hybridized carbons (Fsp3) is 0.538. The maximum absolute atomic E-state index is 9.33. The normalized spacial score (nSPS) is 17.3. The summed E-state index contributed by atoms with van der Waals surface area (Å²) in [7, 11) is 1.67. The van der Waals surface area contributed by atoms with Gasteiger partial charge in [0.2, 0.25) is 0 Å². The molecular formula is C13H18BrNO3.